The number of halogens is 1. The largest absolute Gasteiger partial charge is 0.357 e. The first kappa shape index (κ1) is 25.5. The number of fused-ring (bicyclic) bond motifs is 1. The second kappa shape index (κ2) is 10.4. The Morgan fingerprint density at radius 1 is 0.875 bits per heavy atom. The molecule has 0 saturated carbocycles. The Kier molecular flexibility index (Phi) is 6.66. The Hall–Kier alpha value is -4.75. The summed E-state index contributed by atoms with van der Waals surface area (Å²) in [6.07, 6.45) is 0.757. The number of non-ortho nitro benzene ring substituents is 1. The fourth-order valence-electron chi connectivity index (χ4n) is 5.63. The standard InChI is InChI=1S/C32H24ClN3O4/c33-24-15-13-20(14-16-24)23-18-27-30(29(37)19-23)31(22-9-6-10-25(17-22)36(39)40)35(28-12-5-4-11-26(28)34-27)32(38)21-7-2-1-3-8-21/h1-17,23,31,34H,18-19H2. The van der Waals surface area contributed by atoms with Gasteiger partial charge >= 0.3 is 0 Å². The van der Waals surface area contributed by atoms with E-state index in [4.69, 9.17) is 11.6 Å². The van der Waals surface area contributed by atoms with Crippen molar-refractivity contribution in [2.24, 2.45) is 0 Å². The van der Waals surface area contributed by atoms with Crippen LogP contribution < -0.4 is 10.2 Å². The summed E-state index contributed by atoms with van der Waals surface area (Å²) in [5.74, 6) is -0.526. The van der Waals surface area contributed by atoms with Gasteiger partial charge in [0.2, 0.25) is 0 Å². The zero-order valence-electron chi connectivity index (χ0n) is 21.3. The number of ketones is 1. The fraction of sp³-hybridized carbons (Fsp3) is 0.125. The Labute approximate surface area is 235 Å². The molecule has 0 radical (unpaired) electrons. The first-order valence-corrected chi connectivity index (χ1v) is 13.3. The van der Waals surface area contributed by atoms with E-state index in [1.54, 1.807) is 41.3 Å². The number of rotatable bonds is 4. The molecule has 1 amide bonds. The van der Waals surface area contributed by atoms with Crippen LogP contribution in [0.25, 0.3) is 0 Å². The van der Waals surface area contributed by atoms with Crippen LogP contribution in [0.4, 0.5) is 17.1 Å². The van der Waals surface area contributed by atoms with Gasteiger partial charge in [-0.2, -0.15) is 0 Å². The van der Waals surface area contributed by atoms with Crippen molar-refractivity contribution in [3.8, 4) is 0 Å². The van der Waals surface area contributed by atoms with E-state index in [0.717, 1.165) is 5.56 Å². The van der Waals surface area contributed by atoms with Crippen molar-refractivity contribution < 1.29 is 14.5 Å². The van der Waals surface area contributed by atoms with Gasteiger partial charge in [-0.05, 0) is 59.9 Å². The van der Waals surface area contributed by atoms with Crippen molar-refractivity contribution in [1.29, 1.82) is 0 Å². The molecule has 198 valence electrons. The number of Topliss-reactive ketones (excluding diaryl/α,β-unsaturated/α-hetero) is 1. The molecule has 1 N–H and O–H groups in total. The first-order valence-electron chi connectivity index (χ1n) is 12.9. The van der Waals surface area contributed by atoms with Crippen molar-refractivity contribution in [2.75, 3.05) is 10.2 Å². The number of anilines is 2. The molecule has 8 heteroatoms. The molecule has 2 atom stereocenters. The quantitative estimate of drug-likeness (QED) is 0.211. The number of nitrogens with zero attached hydrogens (tertiary/aromatic N) is 2. The summed E-state index contributed by atoms with van der Waals surface area (Å²) in [4.78, 5) is 41.2. The number of allylic oxidation sites excluding steroid dienone is 1. The van der Waals surface area contributed by atoms with E-state index in [1.807, 2.05) is 54.6 Å². The van der Waals surface area contributed by atoms with Crippen LogP contribution >= 0.6 is 11.6 Å². The highest BCUT2D eigenvalue weighted by Crippen LogP contribution is 2.48. The molecule has 0 saturated heterocycles. The van der Waals surface area contributed by atoms with Gasteiger partial charge < -0.3 is 5.32 Å². The minimum atomic E-state index is -0.877. The molecule has 1 aliphatic heterocycles. The Balaban J connectivity index is 1.57. The number of nitrogens with one attached hydrogen (secondary N) is 1. The van der Waals surface area contributed by atoms with Crippen LogP contribution in [0.3, 0.4) is 0 Å². The van der Waals surface area contributed by atoms with Gasteiger partial charge in [0, 0.05) is 40.4 Å². The third-order valence-electron chi connectivity index (χ3n) is 7.47. The summed E-state index contributed by atoms with van der Waals surface area (Å²) in [7, 11) is 0. The predicted molar refractivity (Wildman–Crippen MR) is 155 cm³/mol. The molecule has 0 fully saturated rings. The first-order chi connectivity index (χ1) is 19.4. The number of carbonyl (C=O) groups excluding carboxylic acids is 2. The smallest absolute Gasteiger partial charge is 0.269 e. The molecule has 0 aromatic heterocycles. The lowest BCUT2D eigenvalue weighted by Crippen LogP contribution is -2.38. The number of para-hydroxylation sites is 2. The van der Waals surface area contributed by atoms with Gasteiger partial charge in [0.25, 0.3) is 11.6 Å². The average molecular weight is 550 g/mol. The normalized spacial score (nSPS) is 18.3. The number of hydrogen-bond acceptors (Lipinski definition) is 5. The van der Waals surface area contributed by atoms with Crippen molar-refractivity contribution in [3.05, 3.63) is 146 Å². The molecular formula is C32H24ClN3O4. The molecule has 2 unspecified atom stereocenters. The topological polar surface area (TPSA) is 92.5 Å². The lowest BCUT2D eigenvalue weighted by atomic mass is 9.78. The summed E-state index contributed by atoms with van der Waals surface area (Å²) in [5, 5.41) is 15.8. The molecule has 6 rings (SSSR count). The van der Waals surface area contributed by atoms with Crippen LogP contribution in [0.15, 0.2) is 114 Å². The summed E-state index contributed by atoms with van der Waals surface area (Å²) in [6.45, 7) is 0. The highest BCUT2D eigenvalue weighted by molar-refractivity contribution is 6.30. The lowest BCUT2D eigenvalue weighted by molar-refractivity contribution is -0.384. The van der Waals surface area contributed by atoms with E-state index in [9.17, 15) is 19.7 Å². The molecule has 1 aliphatic carbocycles. The minimum Gasteiger partial charge on any atom is -0.357 e. The van der Waals surface area contributed by atoms with Crippen LogP contribution in [0.1, 0.15) is 46.3 Å². The predicted octanol–water partition coefficient (Wildman–Crippen LogP) is 7.46. The monoisotopic (exact) mass is 549 g/mol. The Morgan fingerprint density at radius 3 is 2.35 bits per heavy atom. The molecule has 40 heavy (non-hydrogen) atoms. The molecular weight excluding hydrogens is 526 g/mol. The number of amides is 1. The third kappa shape index (κ3) is 4.65. The summed E-state index contributed by atoms with van der Waals surface area (Å²) in [6, 6.07) is 29.0. The summed E-state index contributed by atoms with van der Waals surface area (Å²) in [5.41, 5.74) is 4.21. The van der Waals surface area contributed by atoms with Crippen LogP contribution in [0.5, 0.6) is 0 Å². The van der Waals surface area contributed by atoms with Crippen molar-refractivity contribution in [1.82, 2.24) is 0 Å². The van der Waals surface area contributed by atoms with E-state index >= 15 is 0 Å². The maximum atomic E-state index is 14.2. The fourth-order valence-corrected chi connectivity index (χ4v) is 5.75. The molecule has 7 nitrogen and oxygen atoms in total. The van der Waals surface area contributed by atoms with Crippen molar-refractivity contribution in [2.45, 2.75) is 24.8 Å². The van der Waals surface area contributed by atoms with Crippen LogP contribution in [0, 0.1) is 10.1 Å². The highest BCUT2D eigenvalue weighted by atomic mass is 35.5. The molecule has 0 bridgehead atoms. The van der Waals surface area contributed by atoms with E-state index in [-0.39, 0.29) is 29.7 Å². The number of benzene rings is 4. The summed E-state index contributed by atoms with van der Waals surface area (Å²) < 4.78 is 0. The maximum absolute atomic E-state index is 14.2. The zero-order chi connectivity index (χ0) is 27.8. The van der Waals surface area contributed by atoms with Gasteiger partial charge in [0.1, 0.15) is 0 Å². The Bertz CT molecular complexity index is 1670. The number of nitro benzene ring substituents is 1. The molecule has 1 heterocycles. The van der Waals surface area contributed by atoms with Crippen LogP contribution in [-0.4, -0.2) is 16.6 Å². The van der Waals surface area contributed by atoms with Gasteiger partial charge in [-0.25, -0.2) is 0 Å². The van der Waals surface area contributed by atoms with Crippen LogP contribution in [0.2, 0.25) is 5.02 Å². The lowest BCUT2D eigenvalue weighted by Gasteiger charge is -2.35. The van der Waals surface area contributed by atoms with Crippen LogP contribution in [-0.2, 0) is 4.79 Å². The number of nitro groups is 1. The van der Waals surface area contributed by atoms with E-state index in [1.165, 1.54) is 12.1 Å². The molecule has 4 aromatic rings. The van der Waals surface area contributed by atoms with Gasteiger partial charge in [-0.15, -0.1) is 0 Å². The van der Waals surface area contributed by atoms with Gasteiger partial charge in [-0.1, -0.05) is 66.2 Å². The third-order valence-corrected chi connectivity index (χ3v) is 7.72. The van der Waals surface area contributed by atoms with Gasteiger partial charge in [-0.3, -0.25) is 24.6 Å². The molecule has 2 aliphatic rings. The van der Waals surface area contributed by atoms with Crippen molar-refractivity contribution >= 4 is 40.4 Å². The zero-order valence-corrected chi connectivity index (χ0v) is 22.0. The van der Waals surface area contributed by atoms with E-state index in [0.29, 0.717) is 45.2 Å². The Morgan fingerprint density at radius 2 is 1.60 bits per heavy atom. The molecule has 0 spiro atoms. The maximum Gasteiger partial charge on any atom is 0.269 e. The van der Waals surface area contributed by atoms with Gasteiger partial charge in [0.15, 0.2) is 5.78 Å². The van der Waals surface area contributed by atoms with Crippen molar-refractivity contribution in [3.63, 3.8) is 0 Å². The minimum absolute atomic E-state index is 0.0923. The average Bonchev–Trinajstić information content (AvgIpc) is 3.12. The van der Waals surface area contributed by atoms with Gasteiger partial charge in [0.05, 0.1) is 22.3 Å². The number of hydrogen-bond donors (Lipinski definition) is 1. The summed E-state index contributed by atoms with van der Waals surface area (Å²) >= 11 is 6.11. The SMILES string of the molecule is O=C1CC(c2ccc(Cl)cc2)CC2=C1C(c1cccc([N+](=O)[O-])c1)N(C(=O)c1ccccc1)c1ccccc1N2. The second-order valence-corrected chi connectivity index (χ2v) is 10.3. The second-order valence-electron chi connectivity index (χ2n) is 9.91. The highest BCUT2D eigenvalue weighted by Gasteiger charge is 2.42. The van der Waals surface area contributed by atoms with E-state index < -0.39 is 11.0 Å². The van der Waals surface area contributed by atoms with E-state index in [2.05, 4.69) is 5.32 Å². The number of carbonyl (C=O) groups is 2. The molecule has 4 aromatic carbocycles.